The molecule has 1 atom stereocenters. The van der Waals surface area contributed by atoms with Crippen LogP contribution in [-0.4, -0.2) is 34.3 Å². The van der Waals surface area contributed by atoms with E-state index < -0.39 is 17.9 Å². The van der Waals surface area contributed by atoms with Crippen LogP contribution < -0.4 is 20.3 Å². The minimum Gasteiger partial charge on any atom is -0.494 e. The summed E-state index contributed by atoms with van der Waals surface area (Å²) >= 11 is 0. The molecule has 0 fully saturated rings. The first-order valence-corrected chi connectivity index (χ1v) is 9.58. The first kappa shape index (κ1) is 20.9. The van der Waals surface area contributed by atoms with Crippen LogP contribution in [0.4, 0.5) is 0 Å². The molecule has 0 bridgehead atoms. The number of carbonyl (C=O) groups excluding carboxylic acids is 2. The third-order valence-electron chi connectivity index (χ3n) is 4.32. The van der Waals surface area contributed by atoms with Gasteiger partial charge in [0, 0.05) is 17.5 Å². The maximum absolute atomic E-state index is 12.3. The van der Waals surface area contributed by atoms with E-state index in [4.69, 9.17) is 9.47 Å². The zero-order valence-corrected chi connectivity index (χ0v) is 17.1. The predicted octanol–water partition coefficient (Wildman–Crippen LogP) is 2.81. The molecule has 1 aromatic heterocycles. The topological polar surface area (TPSA) is 94.5 Å². The molecule has 1 heterocycles. The molecule has 8 heteroatoms. The van der Waals surface area contributed by atoms with Crippen molar-refractivity contribution < 1.29 is 19.1 Å². The highest BCUT2D eigenvalue weighted by Gasteiger charge is 2.16. The molecule has 0 aliphatic heterocycles. The predicted molar refractivity (Wildman–Crippen MR) is 112 cm³/mol. The Labute approximate surface area is 174 Å². The fraction of sp³-hybridized carbons (Fsp3) is 0.227. The maximum atomic E-state index is 12.3. The third kappa shape index (κ3) is 5.16. The standard InChI is InChI=1S/C22H24N4O4/c1-4-29-19-9-11-20(12-10-19)30-16(3)21(27)24-25-22(28)17-5-7-18(8-6-17)26-15(2)13-14-23-26/h5-14,16H,4H2,1-3H3,(H,24,27)(H,25,28)/t16-/m0/s1. The SMILES string of the molecule is CCOc1ccc(O[C@@H](C)C(=O)NNC(=O)c2ccc(-n3nccc3C)cc2)cc1. The lowest BCUT2D eigenvalue weighted by Gasteiger charge is -2.15. The molecule has 0 spiro atoms. The summed E-state index contributed by atoms with van der Waals surface area (Å²) in [6.07, 6.45) is 0.913. The number of rotatable bonds is 7. The number of carbonyl (C=O) groups is 2. The molecule has 3 aromatic rings. The average Bonchev–Trinajstić information content (AvgIpc) is 3.19. The van der Waals surface area contributed by atoms with Crippen LogP contribution in [0, 0.1) is 6.92 Å². The Morgan fingerprint density at radius 3 is 2.27 bits per heavy atom. The van der Waals surface area contributed by atoms with Crippen LogP contribution in [0.2, 0.25) is 0 Å². The summed E-state index contributed by atoms with van der Waals surface area (Å²) in [6.45, 7) is 6.02. The normalized spacial score (nSPS) is 11.4. The second-order valence-electron chi connectivity index (χ2n) is 6.54. The summed E-state index contributed by atoms with van der Waals surface area (Å²) in [6, 6.07) is 15.8. The summed E-state index contributed by atoms with van der Waals surface area (Å²) in [4.78, 5) is 24.5. The summed E-state index contributed by atoms with van der Waals surface area (Å²) in [5.74, 6) is 0.348. The molecule has 0 unspecified atom stereocenters. The molecule has 2 amide bonds. The molecule has 3 rings (SSSR count). The van der Waals surface area contributed by atoms with E-state index in [0.29, 0.717) is 17.9 Å². The fourth-order valence-electron chi connectivity index (χ4n) is 2.72. The highest BCUT2D eigenvalue weighted by Crippen LogP contribution is 2.18. The molecular weight excluding hydrogens is 384 g/mol. The quantitative estimate of drug-likeness (QED) is 0.586. The van der Waals surface area contributed by atoms with E-state index in [0.717, 1.165) is 17.1 Å². The Morgan fingerprint density at radius 1 is 1.00 bits per heavy atom. The zero-order chi connectivity index (χ0) is 21.5. The van der Waals surface area contributed by atoms with Crippen LogP contribution in [0.15, 0.2) is 60.8 Å². The van der Waals surface area contributed by atoms with Gasteiger partial charge in [0.25, 0.3) is 11.8 Å². The number of hydrogen-bond donors (Lipinski definition) is 2. The summed E-state index contributed by atoms with van der Waals surface area (Å²) in [5, 5.41) is 4.23. The minimum atomic E-state index is -0.798. The van der Waals surface area contributed by atoms with Crippen LogP contribution in [0.25, 0.3) is 5.69 Å². The van der Waals surface area contributed by atoms with Crippen molar-refractivity contribution in [2.24, 2.45) is 0 Å². The number of hydrogen-bond acceptors (Lipinski definition) is 5. The van der Waals surface area contributed by atoms with Gasteiger partial charge in [0.2, 0.25) is 0 Å². The Balaban J connectivity index is 1.51. The largest absolute Gasteiger partial charge is 0.494 e. The highest BCUT2D eigenvalue weighted by atomic mass is 16.5. The Bertz CT molecular complexity index is 997. The number of aromatic nitrogens is 2. The van der Waals surface area contributed by atoms with E-state index in [2.05, 4.69) is 16.0 Å². The summed E-state index contributed by atoms with van der Waals surface area (Å²) in [5.41, 5.74) is 7.01. The van der Waals surface area contributed by atoms with Crippen LogP contribution in [0.1, 0.15) is 29.9 Å². The van der Waals surface area contributed by atoms with E-state index in [9.17, 15) is 9.59 Å². The number of nitrogens with one attached hydrogen (secondary N) is 2. The molecular formula is C22H24N4O4. The first-order chi connectivity index (χ1) is 14.5. The Kier molecular flexibility index (Phi) is 6.69. The molecule has 0 saturated heterocycles. The molecule has 0 radical (unpaired) electrons. The molecule has 2 aromatic carbocycles. The van der Waals surface area contributed by atoms with E-state index in [1.165, 1.54) is 0 Å². The number of aryl methyl sites for hydroxylation is 1. The summed E-state index contributed by atoms with van der Waals surface area (Å²) in [7, 11) is 0. The van der Waals surface area contributed by atoms with Crippen molar-refractivity contribution >= 4 is 11.8 Å². The van der Waals surface area contributed by atoms with Crippen LogP contribution in [0.5, 0.6) is 11.5 Å². The van der Waals surface area contributed by atoms with Gasteiger partial charge < -0.3 is 9.47 Å². The van der Waals surface area contributed by atoms with Crippen LogP contribution in [-0.2, 0) is 4.79 Å². The average molecular weight is 408 g/mol. The third-order valence-corrected chi connectivity index (χ3v) is 4.32. The summed E-state index contributed by atoms with van der Waals surface area (Å²) < 4.78 is 12.7. The number of amides is 2. The number of benzene rings is 2. The van der Waals surface area contributed by atoms with Crippen molar-refractivity contribution in [3.05, 3.63) is 72.1 Å². The van der Waals surface area contributed by atoms with Gasteiger partial charge in [0.1, 0.15) is 11.5 Å². The van der Waals surface area contributed by atoms with Crippen molar-refractivity contribution in [2.75, 3.05) is 6.61 Å². The van der Waals surface area contributed by atoms with Gasteiger partial charge in [0.15, 0.2) is 6.10 Å². The van der Waals surface area contributed by atoms with Gasteiger partial charge in [-0.25, -0.2) is 4.68 Å². The molecule has 0 aliphatic carbocycles. The van der Waals surface area contributed by atoms with Gasteiger partial charge in [-0.2, -0.15) is 5.10 Å². The van der Waals surface area contributed by atoms with Crippen molar-refractivity contribution in [2.45, 2.75) is 26.9 Å². The smallest absolute Gasteiger partial charge is 0.279 e. The minimum absolute atomic E-state index is 0.406. The van der Waals surface area contributed by atoms with Crippen molar-refractivity contribution in [1.29, 1.82) is 0 Å². The number of hydrazine groups is 1. The lowest BCUT2D eigenvalue weighted by Crippen LogP contribution is -2.47. The van der Waals surface area contributed by atoms with Gasteiger partial charge in [-0.15, -0.1) is 0 Å². The lowest BCUT2D eigenvalue weighted by molar-refractivity contribution is -0.128. The van der Waals surface area contributed by atoms with Gasteiger partial charge in [0.05, 0.1) is 12.3 Å². The van der Waals surface area contributed by atoms with Gasteiger partial charge >= 0.3 is 0 Å². The zero-order valence-electron chi connectivity index (χ0n) is 17.1. The lowest BCUT2D eigenvalue weighted by atomic mass is 10.2. The molecule has 0 saturated carbocycles. The van der Waals surface area contributed by atoms with E-state index in [1.807, 2.05) is 19.9 Å². The molecule has 30 heavy (non-hydrogen) atoms. The molecule has 8 nitrogen and oxygen atoms in total. The Hall–Kier alpha value is -3.81. The van der Waals surface area contributed by atoms with E-state index >= 15 is 0 Å². The Morgan fingerprint density at radius 2 is 1.67 bits per heavy atom. The van der Waals surface area contributed by atoms with Crippen LogP contribution in [0.3, 0.4) is 0 Å². The number of ether oxygens (including phenoxy) is 2. The first-order valence-electron chi connectivity index (χ1n) is 9.58. The van der Waals surface area contributed by atoms with E-state index in [1.54, 1.807) is 66.3 Å². The van der Waals surface area contributed by atoms with Crippen molar-refractivity contribution in [1.82, 2.24) is 20.6 Å². The molecule has 156 valence electrons. The highest BCUT2D eigenvalue weighted by molar-refractivity contribution is 5.95. The molecule has 2 N–H and O–H groups in total. The number of nitrogens with zero attached hydrogens (tertiary/aromatic N) is 2. The molecule has 0 aliphatic rings. The van der Waals surface area contributed by atoms with Crippen molar-refractivity contribution in [3.63, 3.8) is 0 Å². The second kappa shape index (κ2) is 9.60. The van der Waals surface area contributed by atoms with Crippen LogP contribution >= 0.6 is 0 Å². The van der Waals surface area contributed by atoms with Gasteiger partial charge in [-0.3, -0.25) is 20.4 Å². The van der Waals surface area contributed by atoms with Gasteiger partial charge in [-0.05, 0) is 75.4 Å². The second-order valence-corrected chi connectivity index (χ2v) is 6.54. The monoisotopic (exact) mass is 408 g/mol. The fourth-order valence-corrected chi connectivity index (χ4v) is 2.72. The van der Waals surface area contributed by atoms with E-state index in [-0.39, 0.29) is 0 Å². The van der Waals surface area contributed by atoms with Gasteiger partial charge in [-0.1, -0.05) is 0 Å². The van der Waals surface area contributed by atoms with Crippen molar-refractivity contribution in [3.8, 4) is 17.2 Å². The maximum Gasteiger partial charge on any atom is 0.279 e.